The van der Waals surface area contributed by atoms with E-state index in [2.05, 4.69) is 73.4 Å². The third-order valence-corrected chi connectivity index (χ3v) is 5.52. The Bertz CT molecular complexity index is 1070. The van der Waals surface area contributed by atoms with Crippen molar-refractivity contribution in [2.75, 3.05) is 0 Å². The summed E-state index contributed by atoms with van der Waals surface area (Å²) in [7, 11) is 0. The lowest BCUT2D eigenvalue weighted by Crippen LogP contribution is -2.40. The van der Waals surface area contributed by atoms with E-state index in [0.29, 0.717) is 5.70 Å². The molecule has 0 bridgehead atoms. The fourth-order valence-electron chi connectivity index (χ4n) is 3.55. The van der Waals surface area contributed by atoms with Crippen LogP contribution in [-0.4, -0.2) is 15.9 Å². The van der Waals surface area contributed by atoms with Crippen molar-refractivity contribution in [1.29, 1.82) is 0 Å². The number of piperazine rings is 1. The van der Waals surface area contributed by atoms with Crippen LogP contribution in [0.15, 0.2) is 47.2 Å². The summed E-state index contributed by atoms with van der Waals surface area (Å²) < 4.78 is 0. The minimum absolute atomic E-state index is 0.0837. The zero-order valence-electron chi connectivity index (χ0n) is 17.7. The third-order valence-electron chi connectivity index (χ3n) is 5.52. The van der Waals surface area contributed by atoms with Gasteiger partial charge < -0.3 is 15.6 Å². The minimum Gasteiger partial charge on any atom is -0.349 e. The van der Waals surface area contributed by atoms with Crippen LogP contribution >= 0.6 is 0 Å². The van der Waals surface area contributed by atoms with Crippen LogP contribution in [0, 0.1) is 13.8 Å². The van der Waals surface area contributed by atoms with Gasteiger partial charge in [-0.05, 0) is 61.1 Å². The summed E-state index contributed by atoms with van der Waals surface area (Å²) >= 11 is 0. The van der Waals surface area contributed by atoms with Gasteiger partial charge in [0.2, 0.25) is 0 Å². The van der Waals surface area contributed by atoms with Gasteiger partial charge in [0.25, 0.3) is 5.91 Å². The maximum absolute atomic E-state index is 12.9. The Labute approximate surface area is 172 Å². The summed E-state index contributed by atoms with van der Waals surface area (Å²) in [6, 6.07) is 6.24. The zero-order chi connectivity index (χ0) is 20.8. The molecule has 0 atom stereocenters. The SMILES string of the molecule is Cc1cccc(/C=C2\NC(=O)/C(=C/c3nc[nH]c3C(C)(C)C)NC2=C2CC2)c1C. The smallest absolute Gasteiger partial charge is 0.272 e. The molecular weight excluding hydrogens is 360 g/mol. The molecule has 1 saturated heterocycles. The van der Waals surface area contributed by atoms with Gasteiger partial charge in [0, 0.05) is 11.1 Å². The molecule has 29 heavy (non-hydrogen) atoms. The van der Waals surface area contributed by atoms with Gasteiger partial charge in [-0.2, -0.15) is 0 Å². The second-order valence-corrected chi connectivity index (χ2v) is 8.88. The molecule has 0 spiro atoms. The number of aromatic nitrogens is 2. The summed E-state index contributed by atoms with van der Waals surface area (Å²) in [5.41, 5.74) is 9.02. The second kappa shape index (κ2) is 7.07. The second-order valence-electron chi connectivity index (χ2n) is 8.88. The number of allylic oxidation sites excluding steroid dienone is 1. The number of hydrogen-bond donors (Lipinski definition) is 3. The maximum atomic E-state index is 12.9. The number of aromatic amines is 1. The number of amides is 1. The lowest BCUT2D eigenvalue weighted by molar-refractivity contribution is -0.117. The van der Waals surface area contributed by atoms with Crippen LogP contribution in [0.25, 0.3) is 12.2 Å². The van der Waals surface area contributed by atoms with Crippen molar-refractivity contribution in [3.63, 3.8) is 0 Å². The molecule has 5 nitrogen and oxygen atoms in total. The molecule has 150 valence electrons. The third kappa shape index (κ3) is 3.90. The van der Waals surface area contributed by atoms with Crippen molar-refractivity contribution in [2.45, 2.75) is 52.9 Å². The Morgan fingerprint density at radius 3 is 2.48 bits per heavy atom. The highest BCUT2D eigenvalue weighted by Crippen LogP contribution is 2.35. The molecule has 0 unspecified atom stereocenters. The number of hydrogen-bond acceptors (Lipinski definition) is 3. The molecule has 2 aliphatic rings. The topological polar surface area (TPSA) is 69.8 Å². The van der Waals surface area contributed by atoms with Gasteiger partial charge >= 0.3 is 0 Å². The van der Waals surface area contributed by atoms with E-state index in [4.69, 9.17) is 0 Å². The molecule has 1 aliphatic carbocycles. The Kier molecular flexibility index (Phi) is 4.69. The fourth-order valence-corrected chi connectivity index (χ4v) is 3.55. The first-order chi connectivity index (χ1) is 13.7. The molecule has 0 radical (unpaired) electrons. The number of benzene rings is 1. The first-order valence-electron chi connectivity index (χ1n) is 10.1. The highest BCUT2D eigenvalue weighted by molar-refractivity contribution is 6.01. The van der Waals surface area contributed by atoms with Crippen LogP contribution in [0.3, 0.4) is 0 Å². The maximum Gasteiger partial charge on any atom is 0.272 e. The molecule has 1 aromatic carbocycles. The number of carbonyl (C=O) groups is 1. The van der Waals surface area contributed by atoms with E-state index in [1.807, 2.05) is 12.1 Å². The highest BCUT2D eigenvalue weighted by Gasteiger charge is 2.29. The van der Waals surface area contributed by atoms with Crippen molar-refractivity contribution in [3.05, 3.63) is 75.3 Å². The summed E-state index contributed by atoms with van der Waals surface area (Å²) in [4.78, 5) is 20.5. The van der Waals surface area contributed by atoms with Crippen LogP contribution in [0.5, 0.6) is 0 Å². The summed E-state index contributed by atoms with van der Waals surface area (Å²) in [6.07, 6.45) is 7.71. The lowest BCUT2D eigenvalue weighted by Gasteiger charge is -2.25. The van der Waals surface area contributed by atoms with Gasteiger partial charge in [0.15, 0.2) is 0 Å². The number of aryl methyl sites for hydroxylation is 1. The van der Waals surface area contributed by atoms with Crippen molar-refractivity contribution in [3.8, 4) is 0 Å². The van der Waals surface area contributed by atoms with E-state index in [1.165, 1.54) is 16.7 Å². The number of nitrogens with zero attached hydrogens (tertiary/aromatic N) is 1. The molecule has 1 aromatic heterocycles. The van der Waals surface area contributed by atoms with E-state index in [0.717, 1.165) is 41.2 Å². The molecule has 2 fully saturated rings. The molecule has 1 aliphatic heterocycles. The first kappa shape index (κ1) is 19.2. The Morgan fingerprint density at radius 2 is 1.79 bits per heavy atom. The average molecular weight is 389 g/mol. The van der Waals surface area contributed by atoms with E-state index in [9.17, 15) is 4.79 Å². The van der Waals surface area contributed by atoms with Crippen LogP contribution in [0.2, 0.25) is 0 Å². The van der Waals surface area contributed by atoms with Gasteiger partial charge in [-0.15, -0.1) is 0 Å². The zero-order valence-corrected chi connectivity index (χ0v) is 17.7. The van der Waals surface area contributed by atoms with Crippen LogP contribution in [0.1, 0.15) is 61.7 Å². The number of imidazole rings is 1. The molecule has 1 saturated carbocycles. The predicted octanol–water partition coefficient (Wildman–Crippen LogP) is 4.47. The van der Waals surface area contributed by atoms with Crippen molar-refractivity contribution in [2.24, 2.45) is 0 Å². The molecular formula is C24H28N4O. The molecule has 2 aromatic rings. The van der Waals surface area contributed by atoms with Gasteiger partial charge in [-0.1, -0.05) is 39.0 Å². The fraction of sp³-hybridized carbons (Fsp3) is 0.333. The van der Waals surface area contributed by atoms with Crippen molar-refractivity contribution < 1.29 is 4.79 Å². The normalized spacial score (nSPS) is 19.6. The monoisotopic (exact) mass is 388 g/mol. The van der Waals surface area contributed by atoms with Crippen LogP contribution in [-0.2, 0) is 10.2 Å². The summed E-state index contributed by atoms with van der Waals surface area (Å²) in [5.74, 6) is -0.144. The molecule has 3 N–H and O–H groups in total. The van der Waals surface area contributed by atoms with Crippen LogP contribution < -0.4 is 10.6 Å². The van der Waals surface area contributed by atoms with Gasteiger partial charge in [0.1, 0.15) is 5.70 Å². The van der Waals surface area contributed by atoms with E-state index >= 15 is 0 Å². The first-order valence-corrected chi connectivity index (χ1v) is 10.1. The highest BCUT2D eigenvalue weighted by atomic mass is 16.2. The molecule has 4 rings (SSSR count). The van der Waals surface area contributed by atoms with E-state index in [1.54, 1.807) is 6.33 Å². The average Bonchev–Trinajstić information content (AvgIpc) is 3.38. The number of nitrogens with one attached hydrogen (secondary N) is 3. The number of rotatable bonds is 2. The Balaban J connectivity index is 1.70. The Morgan fingerprint density at radius 1 is 1.03 bits per heavy atom. The molecule has 5 heteroatoms. The minimum atomic E-state index is -0.144. The lowest BCUT2D eigenvalue weighted by atomic mass is 9.90. The largest absolute Gasteiger partial charge is 0.349 e. The summed E-state index contributed by atoms with van der Waals surface area (Å²) in [5, 5.41) is 6.49. The van der Waals surface area contributed by atoms with Crippen molar-refractivity contribution >= 4 is 18.1 Å². The molecule has 1 amide bonds. The van der Waals surface area contributed by atoms with Gasteiger partial charge in [-0.25, -0.2) is 4.98 Å². The van der Waals surface area contributed by atoms with E-state index in [-0.39, 0.29) is 11.3 Å². The van der Waals surface area contributed by atoms with Crippen molar-refractivity contribution in [1.82, 2.24) is 20.6 Å². The van der Waals surface area contributed by atoms with Gasteiger partial charge in [-0.3, -0.25) is 4.79 Å². The van der Waals surface area contributed by atoms with Gasteiger partial charge in [0.05, 0.1) is 23.4 Å². The quantitative estimate of drug-likeness (QED) is 0.665. The van der Waals surface area contributed by atoms with Crippen LogP contribution in [0.4, 0.5) is 0 Å². The number of carbonyl (C=O) groups excluding carboxylic acids is 1. The summed E-state index contributed by atoms with van der Waals surface area (Å²) in [6.45, 7) is 10.6. The Hall–Kier alpha value is -3.08. The predicted molar refractivity (Wildman–Crippen MR) is 117 cm³/mol. The molecule has 2 heterocycles. The number of H-pyrrole nitrogens is 1. The van der Waals surface area contributed by atoms with E-state index < -0.39 is 0 Å². The standard InChI is InChI=1S/C24H28N4O/c1-14-7-6-8-17(15(14)2)11-18-21(16-9-10-16)27-20(23(29)28-18)12-19-22(24(3,4)5)26-13-25-19/h6-8,11-13,27H,9-10H2,1-5H3,(H,25,26)(H,28,29)/b18-11-,20-12-.